The van der Waals surface area contributed by atoms with Gasteiger partial charge in [0.1, 0.15) is 54.9 Å². The van der Waals surface area contributed by atoms with Crippen LogP contribution in [-0.4, -0.2) is 119 Å². The lowest BCUT2D eigenvalue weighted by Crippen LogP contribution is -2.57. The van der Waals surface area contributed by atoms with Crippen LogP contribution >= 0.6 is 0 Å². The molecular weight excluding hydrogens is 823 g/mol. The van der Waals surface area contributed by atoms with Crippen LogP contribution in [0, 0.1) is 13.8 Å². The first kappa shape index (κ1) is 48.6. The van der Waals surface area contributed by atoms with E-state index in [1.807, 2.05) is 17.7 Å². The highest BCUT2D eigenvalue weighted by Crippen LogP contribution is 2.40. The molecule has 5 atom stereocenters. The maximum absolute atomic E-state index is 14.5. The maximum atomic E-state index is 14.5. The molecule has 1 aliphatic rings. The molecule has 0 aliphatic carbocycles. The Hall–Kier alpha value is -6.09. The van der Waals surface area contributed by atoms with Crippen LogP contribution in [-0.2, 0) is 40.4 Å². The second-order valence-electron chi connectivity index (χ2n) is 15.1. The van der Waals surface area contributed by atoms with Gasteiger partial charge in [-0.2, -0.15) is 0 Å². The van der Waals surface area contributed by atoms with Crippen molar-refractivity contribution in [1.82, 2.24) is 30.9 Å². The number of carbonyl (C=O) groups excluding carboxylic acids is 6. The summed E-state index contributed by atoms with van der Waals surface area (Å²) in [7, 11) is -2.56. The summed E-state index contributed by atoms with van der Waals surface area (Å²) in [6.07, 6.45) is 0.671. The predicted octanol–water partition coefficient (Wildman–Crippen LogP) is -0.582. The Labute approximate surface area is 361 Å². The third-order valence-electron chi connectivity index (χ3n) is 9.94. The van der Waals surface area contributed by atoms with E-state index >= 15 is 0 Å². The second-order valence-corrected chi connectivity index (χ2v) is 16.8. The van der Waals surface area contributed by atoms with Gasteiger partial charge in [0.05, 0.1) is 6.26 Å². The van der Waals surface area contributed by atoms with E-state index in [2.05, 4.69) is 21.3 Å². The summed E-state index contributed by atoms with van der Waals surface area (Å²) in [6, 6.07) is 8.55. The van der Waals surface area contributed by atoms with Crippen molar-refractivity contribution in [3.63, 3.8) is 0 Å². The minimum atomic E-state index is -3.95. The van der Waals surface area contributed by atoms with Crippen molar-refractivity contribution < 1.29 is 46.7 Å². The summed E-state index contributed by atoms with van der Waals surface area (Å²) in [5, 5.41) is 10.5. The molecule has 3 aromatic carbocycles. The molecule has 0 saturated heterocycles. The van der Waals surface area contributed by atoms with Gasteiger partial charge in [-0.15, -0.1) is 0 Å². The molecule has 1 heterocycles. The number of likely N-dealkylation sites (N-methyl/N-ethyl adjacent to an activating group) is 1. The fourth-order valence-electron chi connectivity index (χ4n) is 6.83. The number of ether oxygens (including phenoxy) is 2. The SMILES string of the molecule is Cc1ccc(C(=O)N[C@@H](CCN)C(=O)N(C)[C@@H]2C(=O)N[C@@H](C)C(=O)N[C@H](C(=O)N[C@@H](C)C(=O)NS(C)(=O)=O)Cc3ccc(OCCN)c(c3)-c3cc2ccc3OCCN)c(C)c1. The van der Waals surface area contributed by atoms with E-state index in [1.54, 1.807) is 55.5 Å². The highest BCUT2D eigenvalue weighted by atomic mass is 32.2. The highest BCUT2D eigenvalue weighted by molar-refractivity contribution is 7.89. The molecule has 0 aromatic heterocycles. The Kier molecular flexibility index (Phi) is 16.9. The van der Waals surface area contributed by atoms with Gasteiger partial charge >= 0.3 is 0 Å². The number of rotatable bonds is 16. The Morgan fingerprint density at radius 2 is 1.48 bits per heavy atom. The fourth-order valence-corrected chi connectivity index (χ4v) is 7.38. The first-order valence-corrected chi connectivity index (χ1v) is 21.9. The van der Waals surface area contributed by atoms with Crippen LogP contribution in [0.25, 0.3) is 11.1 Å². The van der Waals surface area contributed by atoms with E-state index < -0.39 is 75.7 Å². The number of amides is 6. The largest absolute Gasteiger partial charge is 0.492 e. The minimum Gasteiger partial charge on any atom is -0.492 e. The first-order valence-electron chi connectivity index (χ1n) is 20.0. The van der Waals surface area contributed by atoms with E-state index in [1.165, 1.54) is 20.9 Å². The highest BCUT2D eigenvalue weighted by Gasteiger charge is 2.36. The van der Waals surface area contributed by atoms with Crippen LogP contribution in [0.15, 0.2) is 54.6 Å². The lowest BCUT2D eigenvalue weighted by molar-refractivity contribution is -0.141. The summed E-state index contributed by atoms with van der Waals surface area (Å²) in [4.78, 5) is 83.9. The smallest absolute Gasteiger partial charge is 0.255 e. The number of fused-ring (bicyclic) bond motifs is 5. The van der Waals surface area contributed by atoms with E-state index in [9.17, 15) is 37.2 Å². The lowest BCUT2D eigenvalue weighted by atomic mass is 9.93. The number of hydrogen-bond acceptors (Lipinski definition) is 13. The standard InChI is InChI=1S/C42H57N9O10S/c1-23-7-10-29(24(2)19-23)39(54)48-32(13-14-43)42(57)51(5)36-28-9-12-35(61-18-16-45)31(22-28)30-20-27(8-11-34(30)60-17-15-44)21-33(49-37(52)25(3)47-41(36)56)40(55)46-26(4)38(53)50-62(6,58)59/h7-12,19-20,22,25-26,32-33,36H,13-18,21,43-45H2,1-6H3,(H,46,55)(H,47,56)(H,48,54)(H,49,52)(H,50,53)/t25-,26-,32-,33-,36-/m0/s1. The molecule has 19 nitrogen and oxygen atoms in total. The summed E-state index contributed by atoms with van der Waals surface area (Å²) >= 11 is 0. The van der Waals surface area contributed by atoms with Gasteiger partial charge in [0.15, 0.2) is 0 Å². The molecular formula is C42H57N9O10S. The molecule has 0 spiro atoms. The Balaban J connectivity index is 1.87. The van der Waals surface area contributed by atoms with Crippen molar-refractivity contribution in [3.05, 3.63) is 82.4 Å². The molecule has 11 N–H and O–H groups in total. The zero-order chi connectivity index (χ0) is 45.9. The van der Waals surface area contributed by atoms with Gasteiger partial charge in [-0.3, -0.25) is 33.5 Å². The van der Waals surface area contributed by atoms with Gasteiger partial charge in [0, 0.05) is 43.2 Å². The summed E-state index contributed by atoms with van der Waals surface area (Å²) in [5.41, 5.74) is 21.2. The summed E-state index contributed by atoms with van der Waals surface area (Å²) in [5.74, 6) is -3.94. The number of nitrogens with zero attached hydrogens (tertiary/aromatic N) is 1. The van der Waals surface area contributed by atoms with Crippen molar-refractivity contribution in [1.29, 1.82) is 0 Å². The van der Waals surface area contributed by atoms with Crippen molar-refractivity contribution in [2.24, 2.45) is 17.2 Å². The molecule has 1 aliphatic heterocycles. The lowest BCUT2D eigenvalue weighted by Gasteiger charge is -2.32. The predicted molar refractivity (Wildman–Crippen MR) is 231 cm³/mol. The maximum Gasteiger partial charge on any atom is 0.255 e. The Bertz CT molecular complexity index is 2270. The van der Waals surface area contributed by atoms with Crippen LogP contribution < -0.4 is 52.7 Å². The molecule has 4 bridgehead atoms. The van der Waals surface area contributed by atoms with Gasteiger partial charge in [-0.25, -0.2) is 8.42 Å². The minimum absolute atomic E-state index is 0.0145. The summed E-state index contributed by atoms with van der Waals surface area (Å²) < 4.78 is 37.4. The molecule has 0 fully saturated rings. The topological polar surface area (TPSA) is 296 Å². The van der Waals surface area contributed by atoms with E-state index in [-0.39, 0.29) is 45.7 Å². The third kappa shape index (κ3) is 12.7. The molecule has 4 rings (SSSR count). The zero-order valence-electron chi connectivity index (χ0n) is 35.7. The number of nitrogens with one attached hydrogen (secondary N) is 5. The normalized spacial score (nSPS) is 17.5. The van der Waals surface area contributed by atoms with Crippen LogP contribution in [0.2, 0.25) is 0 Å². The van der Waals surface area contributed by atoms with Crippen LogP contribution in [0.5, 0.6) is 11.5 Å². The quantitative estimate of drug-likeness (QED) is 0.0895. The van der Waals surface area contributed by atoms with Crippen molar-refractivity contribution in [3.8, 4) is 22.6 Å². The molecule has 0 unspecified atom stereocenters. The van der Waals surface area contributed by atoms with Gasteiger partial charge in [-0.05, 0) is 87.7 Å². The number of sulfonamides is 1. The molecule has 6 amide bonds. The third-order valence-corrected chi connectivity index (χ3v) is 10.5. The Morgan fingerprint density at radius 1 is 0.855 bits per heavy atom. The van der Waals surface area contributed by atoms with Gasteiger partial charge in [-0.1, -0.05) is 29.8 Å². The summed E-state index contributed by atoms with van der Waals surface area (Å²) in [6.45, 7) is 6.87. The molecule has 0 radical (unpaired) electrons. The van der Waals surface area contributed by atoms with Crippen molar-refractivity contribution in [2.45, 2.75) is 70.7 Å². The zero-order valence-corrected chi connectivity index (χ0v) is 36.5. The molecule has 62 heavy (non-hydrogen) atoms. The number of benzene rings is 3. The van der Waals surface area contributed by atoms with Gasteiger partial charge < -0.3 is 52.8 Å². The van der Waals surface area contributed by atoms with Crippen LogP contribution in [0.1, 0.15) is 58.9 Å². The fraction of sp³-hybridized carbons (Fsp3) is 0.429. The van der Waals surface area contributed by atoms with Crippen molar-refractivity contribution >= 4 is 45.5 Å². The number of hydrogen-bond donors (Lipinski definition) is 8. The monoisotopic (exact) mass is 879 g/mol. The first-order chi connectivity index (χ1) is 29.3. The van der Waals surface area contributed by atoms with E-state index in [0.717, 1.165) is 16.7 Å². The van der Waals surface area contributed by atoms with E-state index in [0.29, 0.717) is 44.9 Å². The second kappa shape index (κ2) is 21.6. The van der Waals surface area contributed by atoms with Crippen LogP contribution in [0.3, 0.4) is 0 Å². The molecule has 336 valence electrons. The van der Waals surface area contributed by atoms with Crippen molar-refractivity contribution in [2.75, 3.05) is 46.2 Å². The van der Waals surface area contributed by atoms with Crippen LogP contribution in [0.4, 0.5) is 0 Å². The average molecular weight is 880 g/mol. The molecule has 20 heteroatoms. The Morgan fingerprint density at radius 3 is 2.08 bits per heavy atom. The molecule has 0 saturated carbocycles. The number of nitrogens with two attached hydrogens (primary N) is 3. The number of carbonyl (C=O) groups is 6. The van der Waals surface area contributed by atoms with E-state index in [4.69, 9.17) is 26.7 Å². The molecule has 3 aromatic rings. The average Bonchev–Trinajstić information content (AvgIpc) is 3.20. The number of aryl methyl sites for hydroxylation is 2. The van der Waals surface area contributed by atoms with Gasteiger partial charge in [0.25, 0.3) is 11.8 Å². The van der Waals surface area contributed by atoms with Gasteiger partial charge in [0.2, 0.25) is 33.7 Å².